The number of carbonyl (C=O) groups excluding carboxylic acids is 1. The molecule has 6 nitrogen and oxygen atoms in total. The molecule has 27 heavy (non-hydrogen) atoms. The predicted molar refractivity (Wildman–Crippen MR) is 103 cm³/mol. The predicted octanol–water partition coefficient (Wildman–Crippen LogP) is 4.72. The number of amides is 1. The lowest BCUT2D eigenvalue weighted by Gasteiger charge is -2.41. The van der Waals surface area contributed by atoms with Gasteiger partial charge >= 0.3 is 0 Å². The number of nitro groups is 1. The smallest absolute Gasteiger partial charge is 0.273 e. The van der Waals surface area contributed by atoms with Crippen LogP contribution in [-0.4, -0.2) is 16.4 Å². The van der Waals surface area contributed by atoms with E-state index in [0.29, 0.717) is 12.0 Å². The van der Waals surface area contributed by atoms with Crippen molar-refractivity contribution < 1.29 is 14.5 Å². The Bertz CT molecular complexity index is 874. The summed E-state index contributed by atoms with van der Waals surface area (Å²) in [6.45, 7) is 5.82. The molecule has 0 fully saturated rings. The third-order valence-corrected chi connectivity index (χ3v) is 5.46. The number of ether oxygens (including phenoxy) is 1. The number of fused-ring (bicyclic) bond motifs is 1. The number of nitrogens with one attached hydrogen (secondary N) is 1. The SMILES string of the molecule is CCC1(CC)C[C@@H](NC(=O)c2ccc(C)c([N+](=O)[O-])c2)c2ccccc2O1. The average molecular weight is 368 g/mol. The van der Waals surface area contributed by atoms with E-state index >= 15 is 0 Å². The van der Waals surface area contributed by atoms with E-state index in [-0.39, 0.29) is 28.8 Å². The van der Waals surface area contributed by atoms with Crippen LogP contribution in [0.3, 0.4) is 0 Å². The summed E-state index contributed by atoms with van der Waals surface area (Å²) in [5.74, 6) is 0.466. The normalized spacial score (nSPS) is 17.5. The van der Waals surface area contributed by atoms with Gasteiger partial charge < -0.3 is 10.1 Å². The maximum atomic E-state index is 12.8. The molecule has 0 saturated carbocycles. The maximum Gasteiger partial charge on any atom is 0.273 e. The first-order valence-corrected chi connectivity index (χ1v) is 9.23. The lowest BCUT2D eigenvalue weighted by Crippen LogP contribution is -2.44. The molecule has 1 N–H and O–H groups in total. The molecule has 2 aromatic carbocycles. The highest BCUT2D eigenvalue weighted by Gasteiger charge is 2.39. The summed E-state index contributed by atoms with van der Waals surface area (Å²) in [6.07, 6.45) is 2.33. The van der Waals surface area contributed by atoms with Gasteiger partial charge in [0, 0.05) is 29.2 Å². The van der Waals surface area contributed by atoms with Gasteiger partial charge in [-0.25, -0.2) is 0 Å². The molecule has 1 heterocycles. The van der Waals surface area contributed by atoms with Gasteiger partial charge in [-0.1, -0.05) is 38.1 Å². The van der Waals surface area contributed by atoms with Crippen LogP contribution in [-0.2, 0) is 0 Å². The monoisotopic (exact) mass is 368 g/mol. The summed E-state index contributed by atoms with van der Waals surface area (Å²) in [7, 11) is 0. The maximum absolute atomic E-state index is 12.8. The summed E-state index contributed by atoms with van der Waals surface area (Å²) in [5.41, 5.74) is 1.38. The van der Waals surface area contributed by atoms with Crippen LogP contribution in [0, 0.1) is 17.0 Å². The second-order valence-corrected chi connectivity index (χ2v) is 7.02. The second kappa shape index (κ2) is 7.39. The molecule has 0 spiro atoms. The summed E-state index contributed by atoms with van der Waals surface area (Å²) in [6, 6.07) is 12.1. The van der Waals surface area contributed by atoms with Crippen LogP contribution in [0.1, 0.15) is 60.6 Å². The van der Waals surface area contributed by atoms with Crippen molar-refractivity contribution in [3.8, 4) is 5.75 Å². The molecular formula is C21H24N2O4. The summed E-state index contributed by atoms with van der Waals surface area (Å²) >= 11 is 0. The highest BCUT2D eigenvalue weighted by molar-refractivity contribution is 5.95. The van der Waals surface area contributed by atoms with E-state index in [4.69, 9.17) is 4.74 Å². The zero-order chi connectivity index (χ0) is 19.6. The zero-order valence-electron chi connectivity index (χ0n) is 15.8. The standard InChI is InChI=1S/C21H24N2O4/c1-4-21(5-2)13-17(16-8-6-7-9-19(16)27-21)22-20(24)15-11-10-14(3)18(12-15)23(25)26/h6-12,17H,4-5,13H2,1-3H3,(H,22,24)/t17-/m1/s1. The third-order valence-electron chi connectivity index (χ3n) is 5.46. The molecule has 0 aromatic heterocycles. The first-order chi connectivity index (χ1) is 12.9. The molecule has 142 valence electrons. The molecule has 0 unspecified atom stereocenters. The zero-order valence-corrected chi connectivity index (χ0v) is 15.8. The number of aryl methyl sites for hydroxylation is 1. The first-order valence-electron chi connectivity index (χ1n) is 9.23. The largest absolute Gasteiger partial charge is 0.487 e. The molecule has 1 aliphatic heterocycles. The van der Waals surface area contributed by atoms with Crippen molar-refractivity contribution in [3.05, 3.63) is 69.3 Å². The van der Waals surface area contributed by atoms with Crippen molar-refractivity contribution in [2.24, 2.45) is 0 Å². The quantitative estimate of drug-likeness (QED) is 0.612. The van der Waals surface area contributed by atoms with Gasteiger partial charge in [0.05, 0.1) is 11.0 Å². The van der Waals surface area contributed by atoms with Crippen LogP contribution in [0.5, 0.6) is 5.75 Å². The van der Waals surface area contributed by atoms with Crippen LogP contribution >= 0.6 is 0 Å². The van der Waals surface area contributed by atoms with Gasteiger partial charge in [-0.3, -0.25) is 14.9 Å². The second-order valence-electron chi connectivity index (χ2n) is 7.02. The van der Waals surface area contributed by atoms with E-state index in [1.54, 1.807) is 19.1 Å². The van der Waals surface area contributed by atoms with Gasteiger partial charge in [-0.15, -0.1) is 0 Å². The average Bonchev–Trinajstić information content (AvgIpc) is 2.67. The number of hydrogen-bond donors (Lipinski definition) is 1. The molecule has 1 aliphatic rings. The van der Waals surface area contributed by atoms with E-state index in [9.17, 15) is 14.9 Å². The highest BCUT2D eigenvalue weighted by Crippen LogP contribution is 2.42. The molecule has 6 heteroatoms. The molecule has 0 aliphatic carbocycles. The van der Waals surface area contributed by atoms with Crippen LogP contribution in [0.4, 0.5) is 5.69 Å². The Hall–Kier alpha value is -2.89. The lowest BCUT2D eigenvalue weighted by molar-refractivity contribution is -0.385. The fraction of sp³-hybridized carbons (Fsp3) is 0.381. The van der Waals surface area contributed by atoms with Crippen LogP contribution < -0.4 is 10.1 Å². The third kappa shape index (κ3) is 3.65. The molecule has 2 aromatic rings. The molecule has 1 atom stereocenters. The van der Waals surface area contributed by atoms with Crippen molar-refractivity contribution in [2.45, 2.75) is 51.7 Å². The molecule has 0 saturated heterocycles. The Morgan fingerprint density at radius 1 is 1.26 bits per heavy atom. The van der Waals surface area contributed by atoms with E-state index in [0.717, 1.165) is 24.2 Å². The van der Waals surface area contributed by atoms with Gasteiger partial charge in [0.2, 0.25) is 0 Å². The minimum atomic E-state index is -0.463. The van der Waals surface area contributed by atoms with Crippen LogP contribution in [0.2, 0.25) is 0 Å². The van der Waals surface area contributed by atoms with Gasteiger partial charge in [-0.2, -0.15) is 0 Å². The van der Waals surface area contributed by atoms with E-state index < -0.39 is 4.92 Å². The van der Waals surface area contributed by atoms with E-state index in [2.05, 4.69) is 19.2 Å². The number of nitro benzene ring substituents is 1. The minimum Gasteiger partial charge on any atom is -0.487 e. The Labute approximate surface area is 158 Å². The van der Waals surface area contributed by atoms with E-state index in [1.807, 2.05) is 24.3 Å². The number of benzene rings is 2. The van der Waals surface area contributed by atoms with Crippen molar-refractivity contribution in [2.75, 3.05) is 0 Å². The molecule has 3 rings (SSSR count). The van der Waals surface area contributed by atoms with Crippen LogP contribution in [0.15, 0.2) is 42.5 Å². The number of para-hydroxylation sites is 1. The number of carbonyl (C=O) groups is 1. The number of hydrogen-bond acceptors (Lipinski definition) is 4. The molecule has 0 radical (unpaired) electrons. The van der Waals surface area contributed by atoms with Gasteiger partial charge in [-0.05, 0) is 31.9 Å². The Balaban J connectivity index is 1.91. The summed E-state index contributed by atoms with van der Waals surface area (Å²) in [4.78, 5) is 23.5. The summed E-state index contributed by atoms with van der Waals surface area (Å²) in [5, 5.41) is 14.2. The number of nitrogens with zero attached hydrogens (tertiary/aromatic N) is 1. The Kier molecular flexibility index (Phi) is 5.17. The van der Waals surface area contributed by atoms with Gasteiger partial charge in [0.15, 0.2) is 0 Å². The summed E-state index contributed by atoms with van der Waals surface area (Å²) < 4.78 is 6.26. The molecular weight excluding hydrogens is 344 g/mol. The number of rotatable bonds is 5. The first kappa shape index (κ1) is 18.9. The van der Waals surface area contributed by atoms with Crippen LogP contribution in [0.25, 0.3) is 0 Å². The fourth-order valence-electron chi connectivity index (χ4n) is 3.62. The fourth-order valence-corrected chi connectivity index (χ4v) is 3.62. The minimum absolute atomic E-state index is 0.0495. The van der Waals surface area contributed by atoms with Gasteiger partial charge in [0.25, 0.3) is 11.6 Å². The molecule has 1 amide bonds. The topological polar surface area (TPSA) is 81.5 Å². The lowest BCUT2D eigenvalue weighted by atomic mass is 9.83. The Morgan fingerprint density at radius 2 is 1.96 bits per heavy atom. The Morgan fingerprint density at radius 3 is 2.63 bits per heavy atom. The highest BCUT2D eigenvalue weighted by atomic mass is 16.6. The molecule has 0 bridgehead atoms. The van der Waals surface area contributed by atoms with Gasteiger partial charge in [0.1, 0.15) is 11.4 Å². The van der Waals surface area contributed by atoms with Crippen molar-refractivity contribution in [1.29, 1.82) is 0 Å². The van der Waals surface area contributed by atoms with Crippen molar-refractivity contribution in [3.63, 3.8) is 0 Å². The van der Waals surface area contributed by atoms with Crippen molar-refractivity contribution in [1.82, 2.24) is 5.32 Å². The van der Waals surface area contributed by atoms with Crippen molar-refractivity contribution >= 4 is 11.6 Å². The van der Waals surface area contributed by atoms with E-state index in [1.165, 1.54) is 6.07 Å².